The molecule has 2 amide bonds. The number of nitrogens with zero attached hydrogens (tertiary/aromatic N) is 2. The first-order valence-electron chi connectivity index (χ1n) is 8.76. The molecule has 0 radical (unpaired) electrons. The quantitative estimate of drug-likeness (QED) is 0.466. The maximum atomic E-state index is 12.2. The number of hydrogen-bond acceptors (Lipinski definition) is 4. The van der Waals surface area contributed by atoms with Gasteiger partial charge in [-0.1, -0.05) is 47.1 Å². The normalized spacial score (nSPS) is 14.3. The van der Waals surface area contributed by atoms with E-state index in [0.717, 1.165) is 17.5 Å². The molecule has 0 aromatic heterocycles. The van der Waals surface area contributed by atoms with Crippen molar-refractivity contribution in [1.29, 1.82) is 0 Å². The van der Waals surface area contributed by atoms with E-state index in [1.807, 2.05) is 43.3 Å². The SMILES string of the molecule is Cc1ccc(C(N)=NOCC(=O)Nc2ccccc2N2CCCC2=O)cc1. The molecule has 1 aliphatic heterocycles. The van der Waals surface area contributed by atoms with Crippen molar-refractivity contribution in [3.63, 3.8) is 0 Å². The Morgan fingerprint density at radius 3 is 2.67 bits per heavy atom. The Morgan fingerprint density at radius 2 is 1.96 bits per heavy atom. The van der Waals surface area contributed by atoms with Gasteiger partial charge in [-0.15, -0.1) is 0 Å². The van der Waals surface area contributed by atoms with Crippen molar-refractivity contribution in [3.8, 4) is 0 Å². The minimum absolute atomic E-state index is 0.0587. The second-order valence-corrected chi connectivity index (χ2v) is 6.33. The van der Waals surface area contributed by atoms with Gasteiger partial charge < -0.3 is 20.8 Å². The van der Waals surface area contributed by atoms with Crippen LogP contribution in [0.25, 0.3) is 0 Å². The Kier molecular flexibility index (Phi) is 5.71. The van der Waals surface area contributed by atoms with E-state index in [1.165, 1.54) is 0 Å². The number of amidine groups is 1. The Balaban J connectivity index is 1.59. The molecule has 7 heteroatoms. The van der Waals surface area contributed by atoms with Crippen LogP contribution in [-0.2, 0) is 14.4 Å². The van der Waals surface area contributed by atoms with E-state index in [2.05, 4.69) is 10.5 Å². The van der Waals surface area contributed by atoms with Crippen molar-refractivity contribution in [3.05, 3.63) is 59.7 Å². The monoisotopic (exact) mass is 366 g/mol. The molecule has 0 atom stereocenters. The van der Waals surface area contributed by atoms with Gasteiger partial charge in [-0.2, -0.15) is 0 Å². The van der Waals surface area contributed by atoms with Crippen molar-refractivity contribution in [2.24, 2.45) is 10.9 Å². The number of hydrogen-bond donors (Lipinski definition) is 2. The van der Waals surface area contributed by atoms with Gasteiger partial charge in [0.05, 0.1) is 11.4 Å². The Bertz CT molecular complexity index is 862. The fraction of sp³-hybridized carbons (Fsp3) is 0.250. The summed E-state index contributed by atoms with van der Waals surface area (Å²) in [5.41, 5.74) is 8.95. The van der Waals surface area contributed by atoms with Gasteiger partial charge in [0, 0.05) is 18.5 Å². The maximum Gasteiger partial charge on any atom is 0.265 e. The van der Waals surface area contributed by atoms with Crippen molar-refractivity contribution in [1.82, 2.24) is 0 Å². The number of rotatable bonds is 6. The highest BCUT2D eigenvalue weighted by Crippen LogP contribution is 2.29. The van der Waals surface area contributed by atoms with Gasteiger partial charge in [0.2, 0.25) is 5.91 Å². The van der Waals surface area contributed by atoms with Crippen LogP contribution in [0.4, 0.5) is 11.4 Å². The molecule has 0 unspecified atom stereocenters. The molecule has 1 heterocycles. The zero-order chi connectivity index (χ0) is 19.2. The van der Waals surface area contributed by atoms with Crippen LogP contribution in [0, 0.1) is 6.92 Å². The molecule has 0 aliphatic carbocycles. The van der Waals surface area contributed by atoms with Crippen molar-refractivity contribution < 1.29 is 14.4 Å². The van der Waals surface area contributed by atoms with Crippen LogP contribution in [0.5, 0.6) is 0 Å². The van der Waals surface area contributed by atoms with E-state index in [1.54, 1.807) is 17.0 Å². The first-order valence-corrected chi connectivity index (χ1v) is 8.76. The number of anilines is 2. The molecule has 1 saturated heterocycles. The van der Waals surface area contributed by atoms with Gasteiger partial charge in [0.25, 0.3) is 5.91 Å². The number of amides is 2. The summed E-state index contributed by atoms with van der Waals surface area (Å²) < 4.78 is 0. The smallest absolute Gasteiger partial charge is 0.265 e. The number of aryl methyl sites for hydroxylation is 1. The largest absolute Gasteiger partial charge is 0.384 e. The highest BCUT2D eigenvalue weighted by Gasteiger charge is 2.24. The summed E-state index contributed by atoms with van der Waals surface area (Å²) in [5, 5.41) is 6.55. The summed E-state index contributed by atoms with van der Waals surface area (Å²) in [4.78, 5) is 30.9. The zero-order valence-electron chi connectivity index (χ0n) is 15.1. The molecule has 2 aromatic rings. The highest BCUT2D eigenvalue weighted by atomic mass is 16.6. The zero-order valence-corrected chi connectivity index (χ0v) is 15.1. The van der Waals surface area contributed by atoms with Crippen molar-refractivity contribution in [2.45, 2.75) is 19.8 Å². The minimum atomic E-state index is -0.380. The molecule has 0 saturated carbocycles. The van der Waals surface area contributed by atoms with Crippen molar-refractivity contribution >= 4 is 29.0 Å². The number of nitrogens with two attached hydrogens (primary N) is 1. The van der Waals surface area contributed by atoms with E-state index in [-0.39, 0.29) is 24.3 Å². The Morgan fingerprint density at radius 1 is 1.22 bits per heavy atom. The van der Waals surface area contributed by atoms with E-state index < -0.39 is 0 Å². The molecule has 1 aliphatic rings. The predicted octanol–water partition coefficient (Wildman–Crippen LogP) is 2.40. The van der Waals surface area contributed by atoms with Gasteiger partial charge in [-0.3, -0.25) is 9.59 Å². The van der Waals surface area contributed by atoms with E-state index in [9.17, 15) is 9.59 Å². The second-order valence-electron chi connectivity index (χ2n) is 6.33. The molecule has 3 N–H and O–H groups in total. The number of nitrogens with one attached hydrogen (secondary N) is 1. The van der Waals surface area contributed by atoms with Gasteiger partial charge in [0.15, 0.2) is 12.4 Å². The van der Waals surface area contributed by atoms with Crippen LogP contribution in [0.1, 0.15) is 24.0 Å². The van der Waals surface area contributed by atoms with Crippen LogP contribution < -0.4 is 16.0 Å². The van der Waals surface area contributed by atoms with E-state index in [4.69, 9.17) is 10.6 Å². The first kappa shape index (κ1) is 18.4. The highest BCUT2D eigenvalue weighted by molar-refractivity contribution is 6.02. The Hall–Kier alpha value is -3.35. The van der Waals surface area contributed by atoms with Crippen LogP contribution in [0.2, 0.25) is 0 Å². The Labute approximate surface area is 157 Å². The second kappa shape index (κ2) is 8.35. The molecule has 0 bridgehead atoms. The number of para-hydroxylation sites is 2. The van der Waals surface area contributed by atoms with Gasteiger partial charge in [-0.25, -0.2) is 0 Å². The molecule has 2 aromatic carbocycles. The maximum absolute atomic E-state index is 12.2. The molecule has 7 nitrogen and oxygen atoms in total. The molecule has 1 fully saturated rings. The third-order valence-corrected chi connectivity index (χ3v) is 4.25. The summed E-state index contributed by atoms with van der Waals surface area (Å²) in [6, 6.07) is 14.7. The third kappa shape index (κ3) is 4.63. The van der Waals surface area contributed by atoms with Crippen molar-refractivity contribution in [2.75, 3.05) is 23.4 Å². The van der Waals surface area contributed by atoms with Crippen LogP contribution >= 0.6 is 0 Å². The number of carbonyl (C=O) groups excluding carboxylic acids is 2. The van der Waals surface area contributed by atoms with Gasteiger partial charge in [-0.05, 0) is 25.5 Å². The molecular weight excluding hydrogens is 344 g/mol. The average molecular weight is 366 g/mol. The molecule has 27 heavy (non-hydrogen) atoms. The topological polar surface area (TPSA) is 97.0 Å². The fourth-order valence-electron chi connectivity index (χ4n) is 2.84. The summed E-state index contributed by atoms with van der Waals surface area (Å²) in [6.45, 7) is 2.35. The van der Waals surface area contributed by atoms with Gasteiger partial charge >= 0.3 is 0 Å². The first-order chi connectivity index (χ1) is 13.0. The number of carbonyl (C=O) groups is 2. The lowest BCUT2D eigenvalue weighted by Crippen LogP contribution is -2.26. The van der Waals surface area contributed by atoms with Crippen LogP contribution in [0.15, 0.2) is 53.7 Å². The summed E-state index contributed by atoms with van der Waals surface area (Å²) >= 11 is 0. The number of oxime groups is 1. The summed E-state index contributed by atoms with van der Waals surface area (Å²) in [5.74, 6) is -0.121. The molecule has 140 valence electrons. The predicted molar refractivity (Wildman–Crippen MR) is 105 cm³/mol. The van der Waals surface area contributed by atoms with E-state index >= 15 is 0 Å². The average Bonchev–Trinajstić information content (AvgIpc) is 3.08. The van der Waals surface area contributed by atoms with Crippen LogP contribution in [-0.4, -0.2) is 30.8 Å². The standard InChI is InChI=1S/C20H22N4O3/c1-14-8-10-15(11-9-14)20(21)23-27-13-18(25)22-16-5-2-3-6-17(16)24-12-4-7-19(24)26/h2-3,5-6,8-11H,4,7,12-13H2,1H3,(H2,21,23)(H,22,25). The minimum Gasteiger partial charge on any atom is -0.384 e. The fourth-order valence-corrected chi connectivity index (χ4v) is 2.84. The van der Waals surface area contributed by atoms with Crippen LogP contribution in [0.3, 0.4) is 0 Å². The lowest BCUT2D eigenvalue weighted by Gasteiger charge is -2.19. The molecular formula is C20H22N4O3. The third-order valence-electron chi connectivity index (χ3n) is 4.25. The number of benzene rings is 2. The summed E-state index contributed by atoms with van der Waals surface area (Å²) in [7, 11) is 0. The van der Waals surface area contributed by atoms with Gasteiger partial charge in [0.1, 0.15) is 0 Å². The molecule has 3 rings (SSSR count). The summed E-state index contributed by atoms with van der Waals surface area (Å²) in [6.07, 6.45) is 1.34. The van der Waals surface area contributed by atoms with E-state index in [0.29, 0.717) is 24.3 Å². The lowest BCUT2D eigenvalue weighted by atomic mass is 10.1. The molecule has 0 spiro atoms. The lowest BCUT2D eigenvalue weighted by molar-refractivity contribution is -0.120.